The molecule has 6 heteroatoms. The lowest BCUT2D eigenvalue weighted by Crippen LogP contribution is -2.46. The fourth-order valence-electron chi connectivity index (χ4n) is 3.18. The monoisotopic (exact) mass is 371 g/mol. The molecule has 1 fully saturated rings. The van der Waals surface area contributed by atoms with Gasteiger partial charge in [-0.3, -0.25) is 4.90 Å². The number of hydrogen-bond donors (Lipinski definition) is 0. The Morgan fingerprint density at radius 2 is 1.73 bits per heavy atom. The first-order valence-corrected chi connectivity index (χ1v) is 8.99. The highest BCUT2D eigenvalue weighted by Gasteiger charge is 2.20. The normalized spacial score (nSPS) is 15.4. The second-order valence-electron chi connectivity index (χ2n) is 6.34. The zero-order valence-corrected chi connectivity index (χ0v) is 15.0. The highest BCUT2D eigenvalue weighted by Crippen LogP contribution is 2.24. The highest BCUT2D eigenvalue weighted by atomic mass is 35.5. The quantitative estimate of drug-likeness (QED) is 0.678. The van der Waals surface area contributed by atoms with Gasteiger partial charge in [0.1, 0.15) is 5.82 Å². The number of nitrogens with zero attached hydrogens (tertiary/aromatic N) is 3. The Bertz CT molecular complexity index is 873. The summed E-state index contributed by atoms with van der Waals surface area (Å²) in [4.78, 5) is 8.74. The molecule has 1 aromatic heterocycles. The Labute approximate surface area is 156 Å². The van der Waals surface area contributed by atoms with Gasteiger partial charge < -0.3 is 9.32 Å². The number of para-hydroxylation sites is 1. The van der Waals surface area contributed by atoms with Crippen LogP contribution in [0.25, 0.3) is 11.3 Å². The van der Waals surface area contributed by atoms with Gasteiger partial charge in [-0.25, -0.2) is 9.37 Å². The number of rotatable bonds is 4. The largest absolute Gasteiger partial charge is 0.439 e. The van der Waals surface area contributed by atoms with Crippen molar-refractivity contribution in [2.24, 2.45) is 0 Å². The van der Waals surface area contributed by atoms with E-state index in [0.29, 0.717) is 23.1 Å². The fourth-order valence-corrected chi connectivity index (χ4v) is 3.30. The lowest BCUT2D eigenvalue weighted by molar-refractivity contribution is 0.226. The number of halogens is 2. The Balaban J connectivity index is 1.36. The molecule has 0 amide bonds. The molecule has 2 heterocycles. The molecule has 134 valence electrons. The molecule has 0 bridgehead atoms. The van der Waals surface area contributed by atoms with Gasteiger partial charge in [-0.2, -0.15) is 0 Å². The molecule has 3 aromatic rings. The van der Waals surface area contributed by atoms with Crippen LogP contribution < -0.4 is 4.90 Å². The Kier molecular flexibility index (Phi) is 4.91. The standard InChI is InChI=1S/C20H19ClFN3O/c21-16-7-5-15(6-8-16)19-13-23-20(26-19)14-24-9-11-25(12-10-24)18-4-2-1-3-17(18)22/h1-8,13H,9-12,14H2. The summed E-state index contributed by atoms with van der Waals surface area (Å²) in [5, 5.41) is 0.696. The fraction of sp³-hybridized carbons (Fsp3) is 0.250. The molecule has 0 saturated carbocycles. The topological polar surface area (TPSA) is 32.5 Å². The van der Waals surface area contributed by atoms with E-state index >= 15 is 0 Å². The van der Waals surface area contributed by atoms with Crippen molar-refractivity contribution in [2.45, 2.75) is 6.54 Å². The number of aromatic nitrogens is 1. The summed E-state index contributed by atoms with van der Waals surface area (Å²) in [6.07, 6.45) is 1.74. The minimum atomic E-state index is -0.166. The predicted molar refractivity (Wildman–Crippen MR) is 101 cm³/mol. The Hall–Kier alpha value is -2.37. The van der Waals surface area contributed by atoms with Crippen molar-refractivity contribution >= 4 is 17.3 Å². The van der Waals surface area contributed by atoms with Crippen molar-refractivity contribution in [3.05, 3.63) is 71.5 Å². The number of benzene rings is 2. The van der Waals surface area contributed by atoms with E-state index in [2.05, 4.69) is 14.8 Å². The molecular formula is C20H19ClFN3O. The van der Waals surface area contributed by atoms with E-state index in [1.807, 2.05) is 36.4 Å². The van der Waals surface area contributed by atoms with E-state index in [4.69, 9.17) is 16.0 Å². The average Bonchev–Trinajstić information content (AvgIpc) is 3.12. The lowest BCUT2D eigenvalue weighted by atomic mass is 10.2. The SMILES string of the molecule is Fc1ccccc1N1CCN(Cc2ncc(-c3ccc(Cl)cc3)o2)CC1. The van der Waals surface area contributed by atoms with Crippen molar-refractivity contribution in [1.29, 1.82) is 0 Å². The average molecular weight is 372 g/mol. The van der Waals surface area contributed by atoms with E-state index in [0.717, 1.165) is 37.5 Å². The molecule has 4 rings (SSSR count). The number of anilines is 1. The first-order valence-electron chi connectivity index (χ1n) is 8.61. The second-order valence-corrected chi connectivity index (χ2v) is 6.78. The van der Waals surface area contributed by atoms with E-state index in [1.165, 1.54) is 6.07 Å². The van der Waals surface area contributed by atoms with Crippen molar-refractivity contribution < 1.29 is 8.81 Å². The molecule has 2 aromatic carbocycles. The minimum Gasteiger partial charge on any atom is -0.439 e. The van der Waals surface area contributed by atoms with Crippen LogP contribution in [0.2, 0.25) is 5.02 Å². The van der Waals surface area contributed by atoms with Gasteiger partial charge in [-0.1, -0.05) is 23.7 Å². The summed E-state index contributed by atoms with van der Waals surface area (Å²) in [6, 6.07) is 14.4. The molecule has 0 radical (unpaired) electrons. The van der Waals surface area contributed by atoms with Crippen molar-refractivity contribution in [2.75, 3.05) is 31.1 Å². The Morgan fingerprint density at radius 3 is 2.46 bits per heavy atom. The molecular weight excluding hydrogens is 353 g/mol. The summed E-state index contributed by atoms with van der Waals surface area (Å²) in [5.74, 6) is 1.26. The smallest absolute Gasteiger partial charge is 0.209 e. The molecule has 4 nitrogen and oxygen atoms in total. The lowest BCUT2D eigenvalue weighted by Gasteiger charge is -2.35. The van der Waals surface area contributed by atoms with Crippen molar-refractivity contribution in [1.82, 2.24) is 9.88 Å². The summed E-state index contributed by atoms with van der Waals surface area (Å²) in [5.41, 5.74) is 1.63. The second kappa shape index (κ2) is 7.48. The van der Waals surface area contributed by atoms with Gasteiger partial charge in [-0.15, -0.1) is 0 Å². The van der Waals surface area contributed by atoms with Crippen molar-refractivity contribution in [3.63, 3.8) is 0 Å². The van der Waals surface area contributed by atoms with Crippen LogP contribution in [0.5, 0.6) is 0 Å². The van der Waals surface area contributed by atoms with E-state index in [1.54, 1.807) is 12.3 Å². The third kappa shape index (κ3) is 3.74. The Morgan fingerprint density at radius 1 is 1.00 bits per heavy atom. The summed E-state index contributed by atoms with van der Waals surface area (Å²) < 4.78 is 19.8. The first kappa shape index (κ1) is 17.1. The van der Waals surface area contributed by atoms with Crippen LogP contribution in [-0.4, -0.2) is 36.1 Å². The van der Waals surface area contributed by atoms with Gasteiger partial charge in [0.2, 0.25) is 5.89 Å². The third-order valence-electron chi connectivity index (χ3n) is 4.61. The van der Waals surface area contributed by atoms with Gasteiger partial charge in [0, 0.05) is 36.8 Å². The van der Waals surface area contributed by atoms with Crippen molar-refractivity contribution in [3.8, 4) is 11.3 Å². The number of hydrogen-bond acceptors (Lipinski definition) is 4. The molecule has 1 aliphatic heterocycles. The van der Waals surface area contributed by atoms with Crippen LogP contribution in [0.4, 0.5) is 10.1 Å². The number of oxazole rings is 1. The van der Waals surface area contributed by atoms with Crippen LogP contribution in [0.3, 0.4) is 0 Å². The molecule has 1 aliphatic rings. The zero-order valence-electron chi connectivity index (χ0n) is 14.2. The molecule has 0 spiro atoms. The summed E-state index contributed by atoms with van der Waals surface area (Å²) >= 11 is 5.92. The summed E-state index contributed by atoms with van der Waals surface area (Å²) in [7, 11) is 0. The van der Waals surface area contributed by atoms with Gasteiger partial charge in [-0.05, 0) is 36.4 Å². The predicted octanol–water partition coefficient (Wildman–Crippen LogP) is 4.46. The first-order chi connectivity index (χ1) is 12.7. The van der Waals surface area contributed by atoms with Gasteiger partial charge in [0.25, 0.3) is 0 Å². The molecule has 0 atom stereocenters. The van der Waals surface area contributed by atoms with E-state index < -0.39 is 0 Å². The van der Waals surface area contributed by atoms with Gasteiger partial charge >= 0.3 is 0 Å². The van der Waals surface area contributed by atoms with Crippen LogP contribution in [-0.2, 0) is 6.54 Å². The van der Waals surface area contributed by atoms with Crippen LogP contribution in [0.1, 0.15) is 5.89 Å². The van der Waals surface area contributed by atoms with E-state index in [9.17, 15) is 4.39 Å². The summed E-state index contributed by atoms with van der Waals surface area (Å²) in [6.45, 7) is 3.90. The zero-order chi connectivity index (χ0) is 17.9. The molecule has 0 unspecified atom stereocenters. The molecule has 0 N–H and O–H groups in total. The third-order valence-corrected chi connectivity index (χ3v) is 4.86. The maximum Gasteiger partial charge on any atom is 0.209 e. The van der Waals surface area contributed by atoms with Crippen LogP contribution in [0.15, 0.2) is 59.1 Å². The van der Waals surface area contributed by atoms with Gasteiger partial charge in [0.05, 0.1) is 18.4 Å². The molecule has 1 saturated heterocycles. The minimum absolute atomic E-state index is 0.166. The number of piperazine rings is 1. The molecule has 0 aliphatic carbocycles. The van der Waals surface area contributed by atoms with E-state index in [-0.39, 0.29) is 5.82 Å². The maximum atomic E-state index is 13.9. The van der Waals surface area contributed by atoms with Crippen LogP contribution >= 0.6 is 11.6 Å². The maximum absolute atomic E-state index is 13.9. The van der Waals surface area contributed by atoms with Gasteiger partial charge in [0.15, 0.2) is 5.76 Å². The van der Waals surface area contributed by atoms with Crippen LogP contribution in [0, 0.1) is 5.82 Å². The molecule has 26 heavy (non-hydrogen) atoms. The highest BCUT2D eigenvalue weighted by molar-refractivity contribution is 6.30.